The minimum Gasteiger partial charge on any atom is -0.487 e. The average Bonchev–Trinajstić information content (AvgIpc) is 2.49. The molecule has 1 heterocycles. The van der Waals surface area contributed by atoms with E-state index in [2.05, 4.69) is 16.8 Å². The van der Waals surface area contributed by atoms with Crippen LogP contribution in [-0.4, -0.2) is 16.7 Å². The lowest BCUT2D eigenvalue weighted by molar-refractivity contribution is 0.304. The average molecular weight is 306 g/mol. The molecule has 2 rings (SSSR count). The van der Waals surface area contributed by atoms with Gasteiger partial charge in [-0.05, 0) is 23.8 Å². The third-order valence-electron chi connectivity index (χ3n) is 2.57. The number of hydrogen-bond donors (Lipinski definition) is 1. The highest BCUT2D eigenvalue weighted by Gasteiger charge is 2.02. The van der Waals surface area contributed by atoms with Crippen molar-refractivity contribution in [1.82, 2.24) is 4.98 Å². The molecule has 0 saturated heterocycles. The number of nitrogens with zero attached hydrogens (tertiary/aromatic N) is 1. The summed E-state index contributed by atoms with van der Waals surface area (Å²) in [7, 11) is 0. The van der Waals surface area contributed by atoms with E-state index in [4.69, 9.17) is 21.4 Å². The molecule has 108 valence electrons. The van der Waals surface area contributed by atoms with Crippen LogP contribution in [0.5, 0.6) is 5.75 Å². The zero-order valence-electron chi connectivity index (χ0n) is 11.1. The van der Waals surface area contributed by atoms with Crippen molar-refractivity contribution in [3.05, 3.63) is 58.6 Å². The second kappa shape index (κ2) is 7.63. The molecule has 0 aliphatic carbocycles. The molecule has 0 aliphatic heterocycles. The van der Waals surface area contributed by atoms with Crippen LogP contribution in [0.1, 0.15) is 17.5 Å². The van der Waals surface area contributed by atoms with E-state index in [0.29, 0.717) is 23.3 Å². The zero-order valence-corrected chi connectivity index (χ0v) is 11.9. The maximum Gasteiger partial charge on any atom is 0.142 e. The fraction of sp³-hybridized carbons (Fsp3) is 0.188. The molecule has 0 fully saturated rings. The van der Waals surface area contributed by atoms with E-state index >= 15 is 0 Å². The molecule has 0 atom stereocenters. The lowest BCUT2D eigenvalue weighted by atomic mass is 10.2. The van der Waals surface area contributed by atoms with E-state index in [1.807, 2.05) is 0 Å². The van der Waals surface area contributed by atoms with Gasteiger partial charge in [0.2, 0.25) is 0 Å². The fourth-order valence-corrected chi connectivity index (χ4v) is 1.70. The van der Waals surface area contributed by atoms with Crippen LogP contribution in [0.4, 0.5) is 4.39 Å². The highest BCUT2D eigenvalue weighted by Crippen LogP contribution is 2.17. The molecule has 1 aromatic heterocycles. The van der Waals surface area contributed by atoms with E-state index in [1.165, 1.54) is 12.1 Å². The zero-order chi connectivity index (χ0) is 15.1. The predicted molar refractivity (Wildman–Crippen MR) is 78.6 cm³/mol. The molecule has 2 aromatic rings. The molecule has 3 nitrogen and oxygen atoms in total. The number of aromatic nitrogens is 1. The van der Waals surface area contributed by atoms with Crippen LogP contribution >= 0.6 is 11.6 Å². The molecule has 0 saturated carbocycles. The van der Waals surface area contributed by atoms with Crippen LogP contribution in [0.2, 0.25) is 5.02 Å². The summed E-state index contributed by atoms with van der Waals surface area (Å²) in [6, 6.07) is 6.26. The molecule has 0 radical (unpaired) electrons. The lowest BCUT2D eigenvalue weighted by Gasteiger charge is -2.06. The van der Waals surface area contributed by atoms with Gasteiger partial charge in [-0.15, -0.1) is 0 Å². The highest BCUT2D eigenvalue weighted by atomic mass is 35.5. The van der Waals surface area contributed by atoms with Gasteiger partial charge in [0.15, 0.2) is 0 Å². The molecule has 5 heteroatoms. The van der Waals surface area contributed by atoms with Gasteiger partial charge in [0.05, 0.1) is 17.8 Å². The smallest absolute Gasteiger partial charge is 0.142 e. The Morgan fingerprint density at radius 1 is 1.29 bits per heavy atom. The Balaban J connectivity index is 2.01. The third kappa shape index (κ3) is 4.75. The van der Waals surface area contributed by atoms with Crippen LogP contribution in [0, 0.1) is 17.7 Å². The number of aliphatic hydroxyl groups excluding tert-OH is 1. The summed E-state index contributed by atoms with van der Waals surface area (Å²) in [5.41, 5.74) is 1.37. The Kier molecular flexibility index (Phi) is 5.56. The second-order valence-corrected chi connectivity index (χ2v) is 4.63. The van der Waals surface area contributed by atoms with Crippen LogP contribution in [-0.2, 0) is 6.61 Å². The normalized spacial score (nSPS) is 9.86. The SMILES string of the molecule is OCCC#Cc1cncc(OCc2ccc(Cl)c(F)c2)c1. The Bertz CT molecular complexity index is 679. The molecular formula is C16H13ClFNO2. The Hall–Kier alpha value is -2.09. The Morgan fingerprint density at radius 2 is 2.14 bits per heavy atom. The third-order valence-corrected chi connectivity index (χ3v) is 2.88. The molecule has 0 spiro atoms. The maximum atomic E-state index is 13.3. The number of pyridine rings is 1. The van der Waals surface area contributed by atoms with Crippen molar-refractivity contribution >= 4 is 11.6 Å². The van der Waals surface area contributed by atoms with Gasteiger partial charge in [-0.1, -0.05) is 29.5 Å². The number of hydrogen-bond acceptors (Lipinski definition) is 3. The largest absolute Gasteiger partial charge is 0.487 e. The summed E-state index contributed by atoms with van der Waals surface area (Å²) in [6.45, 7) is 0.238. The first-order valence-corrected chi connectivity index (χ1v) is 6.68. The number of rotatable bonds is 4. The van der Waals surface area contributed by atoms with E-state index in [9.17, 15) is 4.39 Å². The van der Waals surface area contributed by atoms with Crippen LogP contribution < -0.4 is 4.74 Å². The second-order valence-electron chi connectivity index (χ2n) is 4.22. The number of benzene rings is 1. The van der Waals surface area contributed by atoms with Gasteiger partial charge in [0.1, 0.15) is 18.2 Å². The van der Waals surface area contributed by atoms with Gasteiger partial charge < -0.3 is 9.84 Å². The number of aliphatic hydroxyl groups is 1. The van der Waals surface area contributed by atoms with Crippen LogP contribution in [0.15, 0.2) is 36.7 Å². The molecule has 0 bridgehead atoms. The van der Waals surface area contributed by atoms with Gasteiger partial charge in [-0.2, -0.15) is 0 Å². The van der Waals surface area contributed by atoms with Crippen LogP contribution in [0.3, 0.4) is 0 Å². The van der Waals surface area contributed by atoms with Gasteiger partial charge in [-0.25, -0.2) is 4.39 Å². The van der Waals surface area contributed by atoms with Gasteiger partial charge in [0, 0.05) is 18.2 Å². The number of ether oxygens (including phenoxy) is 1. The standard InChI is InChI=1S/C16H13ClFNO2/c17-15-5-4-13(8-16(15)18)11-21-14-7-12(9-19-10-14)3-1-2-6-20/h4-5,7-10,20H,2,6,11H2. The summed E-state index contributed by atoms with van der Waals surface area (Å²) in [6.07, 6.45) is 3.58. The summed E-state index contributed by atoms with van der Waals surface area (Å²) < 4.78 is 18.8. The van der Waals surface area contributed by atoms with Crippen molar-refractivity contribution < 1.29 is 14.2 Å². The Morgan fingerprint density at radius 3 is 2.90 bits per heavy atom. The van der Waals surface area contributed by atoms with Crippen molar-refractivity contribution in [3.8, 4) is 17.6 Å². The van der Waals surface area contributed by atoms with E-state index in [-0.39, 0.29) is 18.2 Å². The quantitative estimate of drug-likeness (QED) is 0.882. The van der Waals surface area contributed by atoms with Crippen molar-refractivity contribution in [1.29, 1.82) is 0 Å². The minimum atomic E-state index is -0.473. The fourth-order valence-electron chi connectivity index (χ4n) is 1.58. The van der Waals surface area contributed by atoms with Gasteiger partial charge >= 0.3 is 0 Å². The summed E-state index contributed by atoms with van der Waals surface area (Å²) in [4.78, 5) is 4.02. The first kappa shape index (κ1) is 15.3. The van der Waals surface area contributed by atoms with E-state index in [0.717, 1.165) is 0 Å². The monoisotopic (exact) mass is 305 g/mol. The van der Waals surface area contributed by atoms with Crippen molar-refractivity contribution in [2.45, 2.75) is 13.0 Å². The van der Waals surface area contributed by atoms with Gasteiger partial charge in [0.25, 0.3) is 0 Å². The van der Waals surface area contributed by atoms with Crippen LogP contribution in [0.25, 0.3) is 0 Å². The lowest BCUT2D eigenvalue weighted by Crippen LogP contribution is -1.97. The van der Waals surface area contributed by atoms with E-state index < -0.39 is 5.82 Å². The molecular weight excluding hydrogens is 293 g/mol. The first-order chi connectivity index (χ1) is 10.2. The van der Waals surface area contributed by atoms with E-state index in [1.54, 1.807) is 24.5 Å². The molecule has 1 aromatic carbocycles. The summed E-state index contributed by atoms with van der Waals surface area (Å²) in [5.74, 6) is 5.75. The topological polar surface area (TPSA) is 42.4 Å². The maximum absolute atomic E-state index is 13.3. The molecule has 1 N–H and O–H groups in total. The van der Waals surface area contributed by atoms with Crippen molar-refractivity contribution in [3.63, 3.8) is 0 Å². The van der Waals surface area contributed by atoms with Crippen molar-refractivity contribution in [2.24, 2.45) is 0 Å². The summed E-state index contributed by atoms with van der Waals surface area (Å²) >= 11 is 5.62. The van der Waals surface area contributed by atoms with Crippen molar-refractivity contribution in [2.75, 3.05) is 6.61 Å². The molecule has 0 amide bonds. The molecule has 0 unspecified atom stereocenters. The Labute approximate surface area is 127 Å². The molecule has 0 aliphatic rings. The summed E-state index contributed by atoms with van der Waals surface area (Å²) in [5, 5.41) is 8.75. The first-order valence-electron chi connectivity index (χ1n) is 6.30. The number of halogens is 2. The highest BCUT2D eigenvalue weighted by molar-refractivity contribution is 6.30. The predicted octanol–water partition coefficient (Wildman–Crippen LogP) is 3.19. The van der Waals surface area contributed by atoms with Gasteiger partial charge in [-0.3, -0.25) is 4.98 Å². The molecule has 21 heavy (non-hydrogen) atoms. The minimum absolute atomic E-state index is 0.0265.